The molecule has 0 spiro atoms. The minimum Gasteiger partial charge on any atom is -0.468 e. The number of ether oxygens (including phenoxy) is 1. The highest BCUT2D eigenvalue weighted by molar-refractivity contribution is 5.74. The second-order valence-corrected chi connectivity index (χ2v) is 2.73. The number of methoxy groups -OCH3 is 1. The molecule has 14 heavy (non-hydrogen) atoms. The Labute approximate surface area is 81.7 Å². The van der Waals surface area contributed by atoms with Crippen LogP contribution in [0.5, 0.6) is 0 Å². The van der Waals surface area contributed by atoms with Crippen LogP contribution in [0.4, 0.5) is 11.6 Å². The molecule has 0 unspecified atom stereocenters. The van der Waals surface area contributed by atoms with Crippen molar-refractivity contribution in [1.29, 1.82) is 0 Å². The molecule has 2 N–H and O–H groups in total. The molecule has 1 heterocycles. The minimum atomic E-state index is -0.336. The Morgan fingerprint density at radius 3 is 2.93 bits per heavy atom. The molecule has 0 aliphatic heterocycles. The van der Waals surface area contributed by atoms with Gasteiger partial charge in [0.15, 0.2) is 0 Å². The third-order valence-electron chi connectivity index (χ3n) is 1.63. The Morgan fingerprint density at radius 1 is 1.64 bits per heavy atom. The molecule has 0 aromatic carbocycles. The van der Waals surface area contributed by atoms with Crippen LogP contribution in [0, 0.1) is 0 Å². The van der Waals surface area contributed by atoms with Gasteiger partial charge in [0.1, 0.15) is 18.2 Å². The van der Waals surface area contributed by atoms with E-state index in [-0.39, 0.29) is 12.5 Å². The molecule has 0 fully saturated rings. The van der Waals surface area contributed by atoms with Crippen LogP contribution in [0.3, 0.4) is 0 Å². The average Bonchev–Trinajstić information content (AvgIpc) is 2.17. The monoisotopic (exact) mass is 196 g/mol. The van der Waals surface area contributed by atoms with Gasteiger partial charge in [0, 0.05) is 7.05 Å². The Balaban J connectivity index is 2.69. The second kappa shape index (κ2) is 4.40. The van der Waals surface area contributed by atoms with Crippen LogP contribution >= 0.6 is 0 Å². The summed E-state index contributed by atoms with van der Waals surface area (Å²) in [7, 11) is 3.04. The van der Waals surface area contributed by atoms with E-state index < -0.39 is 0 Å². The fourth-order valence-corrected chi connectivity index (χ4v) is 0.893. The molecule has 6 nitrogen and oxygen atoms in total. The average molecular weight is 196 g/mol. The number of carbonyl (C=O) groups is 1. The molecule has 0 aliphatic rings. The third-order valence-corrected chi connectivity index (χ3v) is 1.63. The summed E-state index contributed by atoms with van der Waals surface area (Å²) in [4.78, 5) is 20.4. The molecule has 76 valence electrons. The van der Waals surface area contributed by atoms with E-state index in [0.717, 1.165) is 0 Å². The maximum absolute atomic E-state index is 10.9. The number of hydrogen-bond donors (Lipinski definition) is 1. The predicted molar refractivity (Wildman–Crippen MR) is 51.7 cm³/mol. The molecule has 1 aromatic heterocycles. The second-order valence-electron chi connectivity index (χ2n) is 2.73. The lowest BCUT2D eigenvalue weighted by molar-refractivity contribution is -0.138. The Hall–Kier alpha value is -1.85. The zero-order valence-electron chi connectivity index (χ0n) is 8.10. The van der Waals surface area contributed by atoms with Crippen molar-refractivity contribution in [1.82, 2.24) is 9.97 Å². The molecule has 0 aliphatic carbocycles. The molecule has 0 bridgehead atoms. The van der Waals surface area contributed by atoms with Crippen molar-refractivity contribution in [2.24, 2.45) is 0 Å². The van der Waals surface area contributed by atoms with Gasteiger partial charge in [-0.2, -0.15) is 0 Å². The van der Waals surface area contributed by atoms with Gasteiger partial charge < -0.3 is 15.4 Å². The first-order valence-electron chi connectivity index (χ1n) is 3.99. The van der Waals surface area contributed by atoms with E-state index in [4.69, 9.17) is 5.73 Å². The zero-order valence-corrected chi connectivity index (χ0v) is 8.10. The number of nitrogens with two attached hydrogens (primary N) is 1. The minimum absolute atomic E-state index is 0.120. The van der Waals surface area contributed by atoms with Crippen molar-refractivity contribution in [2.45, 2.75) is 0 Å². The van der Waals surface area contributed by atoms with Crippen molar-refractivity contribution >= 4 is 17.6 Å². The lowest BCUT2D eigenvalue weighted by Gasteiger charge is -2.15. The van der Waals surface area contributed by atoms with Crippen molar-refractivity contribution in [3.8, 4) is 0 Å². The van der Waals surface area contributed by atoms with Crippen LogP contribution < -0.4 is 10.6 Å². The fraction of sp³-hybridized carbons (Fsp3) is 0.375. The number of aromatic nitrogens is 2. The van der Waals surface area contributed by atoms with E-state index >= 15 is 0 Å². The molecule has 0 amide bonds. The smallest absolute Gasteiger partial charge is 0.325 e. The summed E-state index contributed by atoms with van der Waals surface area (Å²) in [6, 6.07) is 0. The Kier molecular flexibility index (Phi) is 3.22. The highest BCUT2D eigenvalue weighted by Gasteiger charge is 2.08. The number of anilines is 2. The number of nitrogen functional groups attached to an aromatic ring is 1. The van der Waals surface area contributed by atoms with E-state index in [1.807, 2.05) is 0 Å². The van der Waals surface area contributed by atoms with Gasteiger partial charge in [-0.1, -0.05) is 0 Å². The number of hydrogen-bond acceptors (Lipinski definition) is 6. The number of esters is 1. The van der Waals surface area contributed by atoms with E-state index in [2.05, 4.69) is 14.7 Å². The SMILES string of the molecule is COC(=O)CN(C)c1cncc(N)n1. The normalized spacial score (nSPS) is 9.57. The van der Waals surface area contributed by atoms with Gasteiger partial charge >= 0.3 is 5.97 Å². The van der Waals surface area contributed by atoms with Crippen LogP contribution in [0.25, 0.3) is 0 Å². The molecular formula is C8H12N4O2. The number of rotatable bonds is 3. The maximum atomic E-state index is 10.9. The zero-order chi connectivity index (χ0) is 10.6. The topological polar surface area (TPSA) is 81.3 Å². The van der Waals surface area contributed by atoms with E-state index in [1.54, 1.807) is 11.9 Å². The van der Waals surface area contributed by atoms with Crippen molar-refractivity contribution < 1.29 is 9.53 Å². The first-order valence-corrected chi connectivity index (χ1v) is 3.99. The molecule has 0 atom stereocenters. The highest BCUT2D eigenvalue weighted by Crippen LogP contribution is 2.07. The number of carbonyl (C=O) groups excluding carboxylic acids is 1. The molecule has 6 heteroatoms. The summed E-state index contributed by atoms with van der Waals surface area (Å²) >= 11 is 0. The maximum Gasteiger partial charge on any atom is 0.325 e. The number of likely N-dealkylation sites (N-methyl/N-ethyl adjacent to an activating group) is 1. The third kappa shape index (κ3) is 2.58. The summed E-state index contributed by atoms with van der Waals surface area (Å²) in [5.41, 5.74) is 5.44. The molecule has 0 saturated carbocycles. The van der Waals surface area contributed by atoms with Crippen LogP contribution in [0.15, 0.2) is 12.4 Å². The largest absolute Gasteiger partial charge is 0.468 e. The van der Waals surface area contributed by atoms with Crippen LogP contribution in [0.2, 0.25) is 0 Å². The predicted octanol–water partition coefficient (Wildman–Crippen LogP) is -0.332. The molecule has 1 aromatic rings. The summed E-state index contributed by atoms with van der Waals surface area (Å²) in [5.74, 6) is 0.520. The summed E-state index contributed by atoms with van der Waals surface area (Å²) in [6.07, 6.45) is 2.97. The van der Waals surface area contributed by atoms with Crippen molar-refractivity contribution in [3.05, 3.63) is 12.4 Å². The van der Waals surface area contributed by atoms with E-state index in [1.165, 1.54) is 19.5 Å². The molecule has 1 rings (SSSR count). The standard InChI is InChI=1S/C8H12N4O2/c1-12(5-8(13)14-2)7-4-10-3-6(9)11-7/h3-4H,5H2,1-2H3,(H2,9,11). The highest BCUT2D eigenvalue weighted by atomic mass is 16.5. The van der Waals surface area contributed by atoms with Crippen molar-refractivity contribution in [3.63, 3.8) is 0 Å². The van der Waals surface area contributed by atoms with Gasteiger partial charge in [-0.3, -0.25) is 9.78 Å². The van der Waals surface area contributed by atoms with Crippen LogP contribution in [-0.4, -0.2) is 36.6 Å². The fourth-order valence-electron chi connectivity index (χ4n) is 0.893. The number of nitrogens with zero attached hydrogens (tertiary/aromatic N) is 3. The lowest BCUT2D eigenvalue weighted by Crippen LogP contribution is -2.27. The van der Waals surface area contributed by atoms with Crippen LogP contribution in [-0.2, 0) is 9.53 Å². The first-order chi connectivity index (χ1) is 6.63. The van der Waals surface area contributed by atoms with Gasteiger partial charge in [0.25, 0.3) is 0 Å². The Bertz CT molecular complexity index is 329. The lowest BCUT2D eigenvalue weighted by atomic mass is 10.5. The van der Waals surface area contributed by atoms with E-state index in [9.17, 15) is 4.79 Å². The van der Waals surface area contributed by atoms with Crippen LogP contribution in [0.1, 0.15) is 0 Å². The molecule has 0 saturated heterocycles. The van der Waals surface area contributed by atoms with Gasteiger partial charge in [0.05, 0.1) is 19.5 Å². The van der Waals surface area contributed by atoms with Gasteiger partial charge in [-0.05, 0) is 0 Å². The molecule has 0 radical (unpaired) electrons. The first kappa shape index (κ1) is 10.2. The summed E-state index contributed by atoms with van der Waals surface area (Å²) < 4.78 is 4.51. The van der Waals surface area contributed by atoms with E-state index in [0.29, 0.717) is 11.6 Å². The van der Waals surface area contributed by atoms with Gasteiger partial charge in [0.2, 0.25) is 0 Å². The Morgan fingerprint density at radius 2 is 2.36 bits per heavy atom. The van der Waals surface area contributed by atoms with Crippen molar-refractivity contribution in [2.75, 3.05) is 31.3 Å². The van der Waals surface area contributed by atoms with Gasteiger partial charge in [-0.25, -0.2) is 4.98 Å². The van der Waals surface area contributed by atoms with Gasteiger partial charge in [-0.15, -0.1) is 0 Å². The quantitative estimate of drug-likeness (QED) is 0.666. The summed E-state index contributed by atoms with van der Waals surface area (Å²) in [6.45, 7) is 0.120. The summed E-state index contributed by atoms with van der Waals surface area (Å²) in [5, 5.41) is 0. The molecular weight excluding hydrogens is 184 g/mol.